The minimum Gasteiger partial charge on any atom is -0.441 e. The fourth-order valence-corrected chi connectivity index (χ4v) is 4.61. The second-order valence-electron chi connectivity index (χ2n) is 8.11. The van der Waals surface area contributed by atoms with Crippen LogP contribution >= 0.6 is 11.6 Å². The van der Waals surface area contributed by atoms with Crippen molar-refractivity contribution < 1.29 is 9.53 Å². The van der Waals surface area contributed by atoms with E-state index in [2.05, 4.69) is 44.6 Å². The van der Waals surface area contributed by atoms with E-state index in [9.17, 15) is 4.79 Å². The lowest BCUT2D eigenvalue weighted by Gasteiger charge is -2.39. The highest BCUT2D eigenvalue weighted by molar-refractivity contribution is 6.36. The summed E-state index contributed by atoms with van der Waals surface area (Å²) in [6.45, 7) is 1.96. The molecule has 9 heteroatoms. The van der Waals surface area contributed by atoms with Crippen LogP contribution in [0.2, 0.25) is 5.02 Å². The molecule has 2 aliphatic rings. The lowest BCUT2D eigenvalue weighted by atomic mass is 9.90. The van der Waals surface area contributed by atoms with Gasteiger partial charge in [0.05, 0.1) is 18.4 Å². The van der Waals surface area contributed by atoms with E-state index < -0.39 is 5.60 Å². The van der Waals surface area contributed by atoms with Crippen molar-refractivity contribution in [2.24, 2.45) is 7.05 Å². The molecule has 0 unspecified atom stereocenters. The van der Waals surface area contributed by atoms with Crippen LogP contribution in [0, 0.1) is 0 Å². The molecule has 8 nitrogen and oxygen atoms in total. The van der Waals surface area contributed by atoms with Crippen LogP contribution in [0.5, 0.6) is 0 Å². The van der Waals surface area contributed by atoms with Crippen LogP contribution in [0.15, 0.2) is 42.9 Å². The minimum absolute atomic E-state index is 0.307. The monoisotopic (exact) mass is 438 g/mol. The number of aromatic nitrogens is 3. The molecule has 5 rings (SSSR count). The van der Waals surface area contributed by atoms with Gasteiger partial charge in [-0.3, -0.25) is 4.68 Å². The van der Waals surface area contributed by atoms with Crippen LogP contribution in [0.25, 0.3) is 22.3 Å². The number of carbonyl (C=O) groups is 1. The number of alkyl carbamates (subject to hydrolysis) is 1. The average Bonchev–Trinajstić information content (AvgIpc) is 3.37. The molecular formula is C22H23ClN6O2. The molecule has 3 aromatic rings. The van der Waals surface area contributed by atoms with Crippen LogP contribution in [0.1, 0.15) is 12.8 Å². The largest absolute Gasteiger partial charge is 0.441 e. The summed E-state index contributed by atoms with van der Waals surface area (Å²) < 4.78 is 7.33. The highest BCUT2D eigenvalue weighted by Gasteiger charge is 2.43. The van der Waals surface area contributed by atoms with E-state index in [1.54, 1.807) is 10.9 Å². The van der Waals surface area contributed by atoms with E-state index in [1.165, 1.54) is 0 Å². The minimum atomic E-state index is -0.426. The molecule has 2 saturated heterocycles. The Morgan fingerprint density at radius 1 is 1.13 bits per heavy atom. The number of nitrogens with one attached hydrogen (secondary N) is 1. The molecule has 0 saturated carbocycles. The second kappa shape index (κ2) is 7.46. The van der Waals surface area contributed by atoms with Crippen molar-refractivity contribution in [3.8, 4) is 22.3 Å². The summed E-state index contributed by atoms with van der Waals surface area (Å²) in [6, 6.07) is 8.25. The summed E-state index contributed by atoms with van der Waals surface area (Å²) in [5.74, 6) is 0.307. The summed E-state index contributed by atoms with van der Waals surface area (Å²) in [7, 11) is 1.90. The van der Waals surface area contributed by atoms with Gasteiger partial charge in [0.1, 0.15) is 16.4 Å². The summed E-state index contributed by atoms with van der Waals surface area (Å²) in [6.07, 6.45) is 6.71. The molecule has 2 aliphatic heterocycles. The van der Waals surface area contributed by atoms with Crippen molar-refractivity contribution in [2.75, 3.05) is 30.3 Å². The molecular weight excluding hydrogens is 416 g/mol. The van der Waals surface area contributed by atoms with Crippen LogP contribution in [-0.2, 0) is 11.8 Å². The Kier molecular flexibility index (Phi) is 4.74. The van der Waals surface area contributed by atoms with E-state index in [4.69, 9.17) is 22.1 Å². The van der Waals surface area contributed by atoms with Gasteiger partial charge >= 0.3 is 6.09 Å². The summed E-state index contributed by atoms with van der Waals surface area (Å²) in [4.78, 5) is 18.1. The average molecular weight is 439 g/mol. The number of ether oxygens (including phenoxy) is 1. The third-order valence-electron chi connectivity index (χ3n) is 6.11. The maximum atomic E-state index is 11.5. The highest BCUT2D eigenvalue weighted by Crippen LogP contribution is 2.42. The van der Waals surface area contributed by atoms with Gasteiger partial charge in [0.2, 0.25) is 0 Å². The van der Waals surface area contributed by atoms with Crippen LogP contribution < -0.4 is 16.0 Å². The van der Waals surface area contributed by atoms with Gasteiger partial charge in [0.15, 0.2) is 0 Å². The van der Waals surface area contributed by atoms with Crippen molar-refractivity contribution in [1.82, 2.24) is 20.1 Å². The van der Waals surface area contributed by atoms with Crippen LogP contribution in [0.4, 0.5) is 16.3 Å². The Bertz CT molecular complexity index is 1140. The number of hydrogen-bond donors (Lipinski definition) is 2. The molecule has 4 heterocycles. The van der Waals surface area contributed by atoms with Crippen molar-refractivity contribution >= 4 is 29.2 Å². The molecule has 160 valence electrons. The molecule has 1 aromatic carbocycles. The number of pyridine rings is 1. The number of anilines is 2. The van der Waals surface area contributed by atoms with Gasteiger partial charge < -0.3 is 20.7 Å². The number of hydrogen-bond acceptors (Lipinski definition) is 6. The maximum absolute atomic E-state index is 11.5. The van der Waals surface area contributed by atoms with Gasteiger partial charge in [-0.15, -0.1) is 0 Å². The van der Waals surface area contributed by atoms with Gasteiger partial charge in [-0.05, 0) is 11.1 Å². The van der Waals surface area contributed by atoms with Crippen LogP contribution in [-0.4, -0.2) is 46.1 Å². The standard InChI is InChI=1S/C22H23ClN6O2/c1-28-12-16(10-27-28)14-2-4-15(5-3-14)17-11-25-20(24)18(23)19(17)29-8-6-22(7-9-29)13-26-21(30)31-22/h2-5,10-12H,6-9,13H2,1H3,(H2,24,25)(H,26,30). The Hall–Kier alpha value is -3.26. The number of nitrogens with zero attached hydrogens (tertiary/aromatic N) is 4. The third-order valence-corrected chi connectivity index (χ3v) is 6.48. The Morgan fingerprint density at radius 3 is 2.45 bits per heavy atom. The van der Waals surface area contributed by atoms with Gasteiger partial charge in [-0.1, -0.05) is 35.9 Å². The number of rotatable bonds is 3. The first-order chi connectivity index (χ1) is 14.9. The number of piperidine rings is 1. The van der Waals surface area contributed by atoms with Crippen molar-refractivity contribution in [3.63, 3.8) is 0 Å². The highest BCUT2D eigenvalue weighted by atomic mass is 35.5. The molecule has 31 heavy (non-hydrogen) atoms. The summed E-state index contributed by atoms with van der Waals surface area (Å²) in [5, 5.41) is 7.46. The number of halogens is 1. The SMILES string of the molecule is Cn1cc(-c2ccc(-c3cnc(N)c(Cl)c3N3CCC4(CC3)CNC(=O)O4)cc2)cn1. The molecule has 1 spiro atoms. The smallest absolute Gasteiger partial charge is 0.407 e. The summed E-state index contributed by atoms with van der Waals surface area (Å²) in [5.41, 5.74) is 10.6. The molecule has 0 atom stereocenters. The topological polar surface area (TPSA) is 98.3 Å². The molecule has 2 aromatic heterocycles. The van der Waals surface area contributed by atoms with Gasteiger partial charge in [-0.2, -0.15) is 5.10 Å². The zero-order chi connectivity index (χ0) is 21.6. The predicted molar refractivity (Wildman–Crippen MR) is 120 cm³/mol. The van der Waals surface area contributed by atoms with Crippen molar-refractivity contribution in [3.05, 3.63) is 47.9 Å². The number of nitrogen functional groups attached to an aromatic ring is 1. The zero-order valence-corrected chi connectivity index (χ0v) is 17.9. The predicted octanol–water partition coefficient (Wildman–Crippen LogP) is 3.46. The Labute approximate surface area is 185 Å². The molecule has 0 radical (unpaired) electrons. The molecule has 3 N–H and O–H groups in total. The van der Waals surface area contributed by atoms with E-state index in [0.29, 0.717) is 30.5 Å². The van der Waals surface area contributed by atoms with E-state index >= 15 is 0 Å². The lowest BCUT2D eigenvalue weighted by molar-refractivity contribution is 0.0367. The van der Waals surface area contributed by atoms with Crippen LogP contribution in [0.3, 0.4) is 0 Å². The second-order valence-corrected chi connectivity index (χ2v) is 8.49. The molecule has 0 bridgehead atoms. The third kappa shape index (κ3) is 3.57. The number of aryl methyl sites for hydroxylation is 1. The zero-order valence-electron chi connectivity index (χ0n) is 17.1. The first-order valence-electron chi connectivity index (χ1n) is 10.2. The Morgan fingerprint density at radius 2 is 1.84 bits per heavy atom. The number of benzene rings is 1. The maximum Gasteiger partial charge on any atom is 0.407 e. The summed E-state index contributed by atoms with van der Waals surface area (Å²) >= 11 is 6.65. The number of carbonyl (C=O) groups excluding carboxylic acids is 1. The Balaban J connectivity index is 1.45. The fourth-order valence-electron chi connectivity index (χ4n) is 4.34. The molecule has 0 aliphatic carbocycles. The van der Waals surface area contributed by atoms with E-state index in [-0.39, 0.29) is 6.09 Å². The molecule has 1 amide bonds. The van der Waals surface area contributed by atoms with Gasteiger partial charge in [0.25, 0.3) is 0 Å². The van der Waals surface area contributed by atoms with E-state index in [0.717, 1.165) is 40.8 Å². The fraction of sp³-hybridized carbons (Fsp3) is 0.318. The number of amides is 1. The van der Waals surface area contributed by atoms with E-state index in [1.807, 2.05) is 19.4 Å². The quantitative estimate of drug-likeness (QED) is 0.649. The lowest BCUT2D eigenvalue weighted by Crippen LogP contribution is -2.47. The normalized spacial score (nSPS) is 17.6. The van der Waals surface area contributed by atoms with Crippen molar-refractivity contribution in [1.29, 1.82) is 0 Å². The number of nitrogens with two attached hydrogens (primary N) is 1. The molecule has 2 fully saturated rings. The van der Waals surface area contributed by atoms with Gasteiger partial charge in [0, 0.05) is 56.5 Å². The first-order valence-corrected chi connectivity index (χ1v) is 10.6. The van der Waals surface area contributed by atoms with Crippen molar-refractivity contribution in [2.45, 2.75) is 18.4 Å². The first kappa shape index (κ1) is 19.7. The van der Waals surface area contributed by atoms with Gasteiger partial charge in [-0.25, -0.2) is 9.78 Å².